The largest absolute Gasteiger partial charge is 0.485 e. The van der Waals surface area contributed by atoms with Gasteiger partial charge in [0.25, 0.3) is 0 Å². The fourth-order valence-corrected chi connectivity index (χ4v) is 2.89. The first-order valence-electron chi connectivity index (χ1n) is 8.02. The lowest BCUT2D eigenvalue weighted by atomic mass is 9.86. The average Bonchev–Trinajstić information content (AvgIpc) is 2.65. The first-order chi connectivity index (χ1) is 12.5. The van der Waals surface area contributed by atoms with E-state index in [9.17, 15) is 10.4 Å². The van der Waals surface area contributed by atoms with E-state index in [0.717, 1.165) is 0 Å². The fourth-order valence-electron chi connectivity index (χ4n) is 2.89. The molecule has 7 nitrogen and oxygen atoms in total. The molecular formula is C19H17N5O2. The van der Waals surface area contributed by atoms with Gasteiger partial charge in [0.2, 0.25) is 6.19 Å². The van der Waals surface area contributed by atoms with Gasteiger partial charge in [-0.15, -0.1) is 0 Å². The monoisotopic (exact) mass is 347 g/mol. The van der Waals surface area contributed by atoms with Crippen molar-refractivity contribution < 1.29 is 9.84 Å². The van der Waals surface area contributed by atoms with Crippen LogP contribution in [0.2, 0.25) is 0 Å². The highest BCUT2D eigenvalue weighted by atomic mass is 16.5. The van der Waals surface area contributed by atoms with Gasteiger partial charge in [-0.1, -0.05) is 6.07 Å². The van der Waals surface area contributed by atoms with Crippen molar-refractivity contribution in [2.75, 3.05) is 0 Å². The smallest absolute Gasteiger partial charge is 0.207 e. The molecule has 2 N–H and O–H groups in total. The van der Waals surface area contributed by atoms with Gasteiger partial charge in [-0.25, -0.2) is 0 Å². The van der Waals surface area contributed by atoms with Gasteiger partial charge in [-0.2, -0.15) is 15.5 Å². The summed E-state index contributed by atoms with van der Waals surface area (Å²) in [6, 6.07) is 11.7. The summed E-state index contributed by atoms with van der Waals surface area (Å²) in [4.78, 5) is 8.02. The van der Waals surface area contributed by atoms with Gasteiger partial charge in [0.05, 0.1) is 17.7 Å². The molecule has 1 aromatic carbocycles. The highest BCUT2D eigenvalue weighted by Crippen LogP contribution is 2.40. The van der Waals surface area contributed by atoms with Crippen LogP contribution in [0.25, 0.3) is 0 Å². The number of aliphatic hydroxyl groups is 1. The van der Waals surface area contributed by atoms with E-state index in [0.29, 0.717) is 22.6 Å². The molecule has 0 spiro atoms. The molecule has 2 aromatic rings. The first kappa shape index (κ1) is 17.4. The molecule has 1 aliphatic heterocycles. The number of amidine groups is 1. The van der Waals surface area contributed by atoms with Crippen molar-refractivity contribution in [3.63, 3.8) is 0 Å². The predicted octanol–water partition coefficient (Wildman–Crippen LogP) is 2.04. The van der Waals surface area contributed by atoms with E-state index in [-0.39, 0.29) is 5.84 Å². The van der Waals surface area contributed by atoms with Crippen LogP contribution in [0.1, 0.15) is 36.7 Å². The van der Waals surface area contributed by atoms with Crippen LogP contribution in [0.3, 0.4) is 0 Å². The Morgan fingerprint density at radius 3 is 2.77 bits per heavy atom. The molecule has 0 saturated heterocycles. The van der Waals surface area contributed by atoms with Crippen molar-refractivity contribution >= 4 is 5.84 Å². The van der Waals surface area contributed by atoms with Gasteiger partial charge in [0.15, 0.2) is 5.84 Å². The number of aromatic nitrogens is 1. The molecule has 130 valence electrons. The second kappa shape index (κ2) is 6.83. The van der Waals surface area contributed by atoms with Crippen LogP contribution >= 0.6 is 0 Å². The molecule has 0 saturated carbocycles. The highest BCUT2D eigenvalue weighted by Gasteiger charge is 2.43. The van der Waals surface area contributed by atoms with E-state index >= 15 is 0 Å². The molecule has 0 radical (unpaired) electrons. The lowest BCUT2D eigenvalue weighted by Crippen LogP contribution is -2.53. The molecule has 0 unspecified atom stereocenters. The zero-order valence-electron chi connectivity index (χ0n) is 14.3. The SMILES string of the molecule is CC1(C)Oc2ccc(C#N)cc2[C@H](N/C(=N\C#N)c2ccccn2)[C@H]1O. The third kappa shape index (κ3) is 3.21. The number of ether oxygens (including phenoxy) is 1. The number of aliphatic hydroxyl groups excluding tert-OH is 1. The van der Waals surface area contributed by atoms with Gasteiger partial charge in [0.1, 0.15) is 23.1 Å². The van der Waals surface area contributed by atoms with Crippen LogP contribution in [0.4, 0.5) is 0 Å². The van der Waals surface area contributed by atoms with E-state index < -0.39 is 17.7 Å². The Hall–Kier alpha value is -3.42. The van der Waals surface area contributed by atoms with E-state index in [1.54, 1.807) is 62.6 Å². The standard InChI is InChI=1S/C19H17N5O2/c1-19(2)17(25)16(13-9-12(10-20)6-7-15(13)26-19)24-18(23-11-21)14-5-3-4-8-22-14/h3-9,16-17,25H,1-2H3,(H,23,24)/t16-,17+/m0/s1. The quantitative estimate of drug-likeness (QED) is 0.488. The number of nitrogens with zero attached hydrogens (tertiary/aromatic N) is 4. The number of nitriles is 2. The summed E-state index contributed by atoms with van der Waals surface area (Å²) in [6.45, 7) is 3.55. The molecule has 0 bridgehead atoms. The number of hydrogen-bond acceptors (Lipinski definition) is 6. The number of rotatable bonds is 2. The Morgan fingerprint density at radius 1 is 1.31 bits per heavy atom. The Bertz CT molecular complexity index is 925. The molecule has 0 amide bonds. The summed E-state index contributed by atoms with van der Waals surface area (Å²) in [5.74, 6) is 0.803. The van der Waals surface area contributed by atoms with Crippen molar-refractivity contribution in [2.45, 2.75) is 31.6 Å². The highest BCUT2D eigenvalue weighted by molar-refractivity contribution is 5.98. The van der Waals surface area contributed by atoms with Crippen molar-refractivity contribution in [1.29, 1.82) is 10.5 Å². The van der Waals surface area contributed by atoms with Crippen LogP contribution < -0.4 is 10.1 Å². The molecule has 2 heterocycles. The van der Waals surface area contributed by atoms with Gasteiger partial charge >= 0.3 is 0 Å². The molecule has 0 aliphatic carbocycles. The summed E-state index contributed by atoms with van der Waals surface area (Å²) in [5, 5.41) is 32.2. The van der Waals surface area contributed by atoms with E-state index in [1.807, 2.05) is 0 Å². The maximum absolute atomic E-state index is 10.8. The van der Waals surface area contributed by atoms with Gasteiger partial charge in [-0.3, -0.25) is 4.98 Å². The number of pyridine rings is 1. The maximum Gasteiger partial charge on any atom is 0.207 e. The summed E-state index contributed by atoms with van der Waals surface area (Å²) in [7, 11) is 0. The van der Waals surface area contributed by atoms with Crippen LogP contribution in [-0.4, -0.2) is 27.6 Å². The van der Waals surface area contributed by atoms with Crippen molar-refractivity contribution in [2.24, 2.45) is 4.99 Å². The second-order valence-corrected chi connectivity index (χ2v) is 6.41. The lowest BCUT2D eigenvalue weighted by molar-refractivity contribution is -0.0610. The number of fused-ring (bicyclic) bond motifs is 1. The summed E-state index contributed by atoms with van der Waals surface area (Å²) >= 11 is 0. The minimum absolute atomic E-state index is 0.239. The topological polar surface area (TPSA) is 114 Å². The van der Waals surface area contributed by atoms with Crippen molar-refractivity contribution in [3.05, 3.63) is 59.4 Å². The van der Waals surface area contributed by atoms with Crippen molar-refractivity contribution in [1.82, 2.24) is 10.3 Å². The third-order valence-corrected chi connectivity index (χ3v) is 4.24. The van der Waals surface area contributed by atoms with E-state index in [4.69, 9.17) is 10.00 Å². The van der Waals surface area contributed by atoms with Crippen LogP contribution in [0.5, 0.6) is 5.75 Å². The molecule has 3 rings (SSSR count). The Morgan fingerprint density at radius 2 is 2.12 bits per heavy atom. The Balaban J connectivity index is 2.06. The Labute approximate surface area is 151 Å². The van der Waals surface area contributed by atoms with Crippen molar-refractivity contribution in [3.8, 4) is 18.0 Å². The second-order valence-electron chi connectivity index (χ2n) is 6.41. The van der Waals surface area contributed by atoms with E-state index in [2.05, 4.69) is 21.4 Å². The molecule has 26 heavy (non-hydrogen) atoms. The lowest BCUT2D eigenvalue weighted by Gasteiger charge is -2.42. The number of benzene rings is 1. The molecular weight excluding hydrogens is 330 g/mol. The summed E-state index contributed by atoms with van der Waals surface area (Å²) in [6.07, 6.45) is 2.40. The molecule has 1 aromatic heterocycles. The minimum atomic E-state index is -0.948. The zero-order valence-corrected chi connectivity index (χ0v) is 14.3. The van der Waals surface area contributed by atoms with Gasteiger partial charge in [-0.05, 0) is 44.2 Å². The third-order valence-electron chi connectivity index (χ3n) is 4.24. The van der Waals surface area contributed by atoms with E-state index in [1.165, 1.54) is 0 Å². The van der Waals surface area contributed by atoms with Gasteiger partial charge < -0.3 is 15.2 Å². The zero-order chi connectivity index (χ0) is 18.7. The molecule has 0 fully saturated rings. The minimum Gasteiger partial charge on any atom is -0.485 e. The summed E-state index contributed by atoms with van der Waals surface area (Å²) in [5.41, 5.74) is 0.671. The molecule has 2 atom stereocenters. The number of nitrogens with one attached hydrogen (secondary N) is 1. The average molecular weight is 347 g/mol. The fraction of sp³-hybridized carbons (Fsp3) is 0.263. The Kier molecular flexibility index (Phi) is 4.57. The first-order valence-corrected chi connectivity index (χ1v) is 8.02. The van der Waals surface area contributed by atoms with Crippen LogP contribution in [0, 0.1) is 22.8 Å². The number of aliphatic imine (C=N–C) groups is 1. The van der Waals surface area contributed by atoms with Crippen LogP contribution in [-0.2, 0) is 0 Å². The van der Waals surface area contributed by atoms with Gasteiger partial charge in [0, 0.05) is 11.8 Å². The van der Waals surface area contributed by atoms with Crippen LogP contribution in [0.15, 0.2) is 47.6 Å². The molecule has 1 aliphatic rings. The summed E-state index contributed by atoms with van der Waals surface area (Å²) < 4.78 is 5.89. The number of hydrogen-bond donors (Lipinski definition) is 2. The predicted molar refractivity (Wildman–Crippen MR) is 94.1 cm³/mol. The normalized spacial score (nSPS) is 20.9. The molecule has 7 heteroatoms. The maximum atomic E-state index is 10.8.